The maximum Gasteiger partial charge on any atom is 0.246 e. The minimum Gasteiger partial charge on any atom is -0.493 e. The van der Waals surface area contributed by atoms with Gasteiger partial charge in [-0.15, -0.1) is 11.8 Å². The van der Waals surface area contributed by atoms with Crippen LogP contribution in [0.4, 0.5) is 0 Å². The van der Waals surface area contributed by atoms with Crippen LogP contribution in [0.3, 0.4) is 0 Å². The van der Waals surface area contributed by atoms with Crippen LogP contribution in [0.1, 0.15) is 30.9 Å². The lowest BCUT2D eigenvalue weighted by molar-refractivity contribution is -0.143. The van der Waals surface area contributed by atoms with E-state index in [1.807, 2.05) is 48.5 Å². The highest BCUT2D eigenvalue weighted by atomic mass is 32.2. The Balaban J connectivity index is 1.41. The minimum absolute atomic E-state index is 0.0187. The summed E-state index contributed by atoms with van der Waals surface area (Å²) in [7, 11) is 3.40. The second-order valence-electron chi connectivity index (χ2n) is 8.22. The average molecular weight is 441 g/mol. The number of amides is 2. The van der Waals surface area contributed by atoms with Gasteiger partial charge in [0, 0.05) is 25.8 Å². The number of nitrogens with zero attached hydrogens (tertiary/aromatic N) is 2. The van der Waals surface area contributed by atoms with Gasteiger partial charge in [0.2, 0.25) is 11.8 Å². The molecule has 0 aliphatic carbocycles. The number of carbonyl (C=O) groups is 2. The van der Waals surface area contributed by atoms with Gasteiger partial charge in [-0.25, -0.2) is 0 Å². The number of thioether (sulfide) groups is 1. The topological polar surface area (TPSA) is 59.1 Å². The molecule has 6 nitrogen and oxygen atoms in total. The van der Waals surface area contributed by atoms with Crippen LogP contribution in [-0.4, -0.2) is 52.4 Å². The zero-order valence-electron chi connectivity index (χ0n) is 18.2. The summed E-state index contributed by atoms with van der Waals surface area (Å²) in [6.45, 7) is 2.96. The molecule has 0 N–H and O–H groups in total. The van der Waals surface area contributed by atoms with Crippen LogP contribution in [0.25, 0.3) is 0 Å². The molecular weight excluding hydrogens is 412 g/mol. The van der Waals surface area contributed by atoms with Crippen LogP contribution in [0.2, 0.25) is 0 Å². The average Bonchev–Trinajstić information content (AvgIpc) is 3.28. The van der Waals surface area contributed by atoms with Gasteiger partial charge < -0.3 is 19.3 Å². The van der Waals surface area contributed by atoms with Gasteiger partial charge in [-0.2, -0.15) is 0 Å². The van der Waals surface area contributed by atoms with E-state index in [9.17, 15) is 9.59 Å². The maximum absolute atomic E-state index is 13.1. The molecule has 2 saturated heterocycles. The van der Waals surface area contributed by atoms with E-state index in [0.717, 1.165) is 17.5 Å². The fourth-order valence-electron chi connectivity index (χ4n) is 4.27. The highest BCUT2D eigenvalue weighted by Crippen LogP contribution is 2.47. The van der Waals surface area contributed by atoms with Crippen molar-refractivity contribution in [3.8, 4) is 11.5 Å². The molecule has 0 radical (unpaired) electrons. The molecule has 4 rings (SSSR count). The molecule has 164 valence electrons. The monoisotopic (exact) mass is 440 g/mol. The largest absolute Gasteiger partial charge is 0.493 e. The van der Waals surface area contributed by atoms with E-state index in [-0.39, 0.29) is 22.7 Å². The molecule has 2 atom stereocenters. The van der Waals surface area contributed by atoms with Gasteiger partial charge in [-0.1, -0.05) is 36.4 Å². The molecule has 2 amide bonds. The van der Waals surface area contributed by atoms with Gasteiger partial charge >= 0.3 is 0 Å². The van der Waals surface area contributed by atoms with Crippen LogP contribution in [0.15, 0.2) is 48.5 Å². The smallest absolute Gasteiger partial charge is 0.246 e. The normalized spacial score (nSPS) is 22.4. The predicted molar refractivity (Wildman–Crippen MR) is 121 cm³/mol. The molecular formula is C24H28N2O4S. The fraction of sp³-hybridized carbons (Fsp3) is 0.417. The number of methoxy groups -OCH3 is 1. The Hall–Kier alpha value is -2.67. The molecule has 7 heteroatoms. The van der Waals surface area contributed by atoms with E-state index in [2.05, 4.69) is 6.92 Å². The number of benzene rings is 2. The van der Waals surface area contributed by atoms with Crippen LogP contribution >= 0.6 is 11.8 Å². The molecule has 2 aromatic rings. The van der Waals surface area contributed by atoms with E-state index in [1.165, 1.54) is 0 Å². The molecule has 2 aliphatic rings. The molecule has 2 heterocycles. The van der Waals surface area contributed by atoms with Crippen LogP contribution in [0, 0.1) is 0 Å². The first-order valence-electron chi connectivity index (χ1n) is 10.5. The third-order valence-electron chi connectivity index (χ3n) is 5.99. The summed E-state index contributed by atoms with van der Waals surface area (Å²) in [6.07, 6.45) is 1.34. The number of hydrogen-bond donors (Lipinski definition) is 0. The molecule has 2 fully saturated rings. The third kappa shape index (κ3) is 4.37. The molecule has 0 aromatic heterocycles. The van der Waals surface area contributed by atoms with E-state index in [1.54, 1.807) is 35.7 Å². The van der Waals surface area contributed by atoms with Crippen molar-refractivity contribution < 1.29 is 19.1 Å². The lowest BCUT2D eigenvalue weighted by Crippen LogP contribution is -2.50. The Bertz CT molecular complexity index is 967. The van der Waals surface area contributed by atoms with Crippen LogP contribution in [-0.2, 0) is 22.7 Å². The molecule has 0 unspecified atom stereocenters. The lowest BCUT2D eigenvalue weighted by Gasteiger charge is -2.32. The maximum atomic E-state index is 13.1. The summed E-state index contributed by atoms with van der Waals surface area (Å²) in [5, 5.41) is 0. The van der Waals surface area contributed by atoms with E-state index in [4.69, 9.17) is 9.47 Å². The van der Waals surface area contributed by atoms with Gasteiger partial charge in [0.15, 0.2) is 11.5 Å². The molecule has 31 heavy (non-hydrogen) atoms. The zero-order chi connectivity index (χ0) is 22.0. The number of likely N-dealkylation sites (N-methyl/N-ethyl adjacent to an activating group) is 1. The second kappa shape index (κ2) is 8.83. The van der Waals surface area contributed by atoms with Gasteiger partial charge in [-0.3, -0.25) is 9.59 Å². The van der Waals surface area contributed by atoms with Gasteiger partial charge in [0.1, 0.15) is 12.6 Å². The first-order valence-corrected chi connectivity index (χ1v) is 11.4. The molecule has 0 saturated carbocycles. The number of hydrogen-bond acceptors (Lipinski definition) is 5. The Morgan fingerprint density at radius 2 is 1.97 bits per heavy atom. The summed E-state index contributed by atoms with van der Waals surface area (Å²) in [6, 6.07) is 15.3. The van der Waals surface area contributed by atoms with Crippen molar-refractivity contribution >= 4 is 23.6 Å². The zero-order valence-corrected chi connectivity index (χ0v) is 19.0. The Labute approximate surface area is 187 Å². The van der Waals surface area contributed by atoms with Crippen molar-refractivity contribution in [1.29, 1.82) is 0 Å². The first-order chi connectivity index (χ1) is 14.9. The standard InChI is InChI=1S/C24H28N2O4S/c1-24-12-11-22(27)26(24)19(16-31-24)23(28)25(2)14-18-9-10-20(21(13-18)29-3)30-15-17-7-5-4-6-8-17/h4-10,13,19H,11-12,14-16H2,1-3H3/t19-,24-/m1/s1. The number of ether oxygens (including phenoxy) is 2. The van der Waals surface area contributed by atoms with Crippen LogP contribution < -0.4 is 9.47 Å². The number of carbonyl (C=O) groups excluding carboxylic acids is 2. The van der Waals surface area contributed by atoms with Gasteiger partial charge in [0.05, 0.1) is 12.0 Å². The van der Waals surface area contributed by atoms with Crippen molar-refractivity contribution in [3.05, 3.63) is 59.7 Å². The summed E-state index contributed by atoms with van der Waals surface area (Å²) >= 11 is 1.71. The highest BCUT2D eigenvalue weighted by molar-refractivity contribution is 8.01. The van der Waals surface area contributed by atoms with Crippen molar-refractivity contribution in [2.24, 2.45) is 0 Å². The molecule has 0 bridgehead atoms. The van der Waals surface area contributed by atoms with E-state index >= 15 is 0 Å². The Kier molecular flexibility index (Phi) is 6.14. The lowest BCUT2D eigenvalue weighted by atomic mass is 10.1. The Morgan fingerprint density at radius 3 is 2.71 bits per heavy atom. The summed E-state index contributed by atoms with van der Waals surface area (Å²) in [5.74, 6) is 2.01. The number of fused-ring (bicyclic) bond motifs is 1. The van der Waals surface area contributed by atoms with Gasteiger partial charge in [-0.05, 0) is 36.6 Å². The quantitative estimate of drug-likeness (QED) is 0.657. The summed E-state index contributed by atoms with van der Waals surface area (Å²) in [4.78, 5) is 28.7. The second-order valence-corrected chi connectivity index (χ2v) is 9.72. The molecule has 2 aromatic carbocycles. The van der Waals surface area contributed by atoms with Crippen LogP contribution in [0.5, 0.6) is 11.5 Å². The van der Waals surface area contributed by atoms with Crippen molar-refractivity contribution in [2.45, 2.75) is 43.8 Å². The van der Waals surface area contributed by atoms with E-state index in [0.29, 0.717) is 36.8 Å². The summed E-state index contributed by atoms with van der Waals surface area (Å²) in [5.41, 5.74) is 2.03. The SMILES string of the molecule is COc1cc(CN(C)C(=O)[C@H]2CS[C@]3(C)CCC(=O)N23)ccc1OCc1ccccc1. The first kappa shape index (κ1) is 21.6. The number of rotatable bonds is 7. The third-order valence-corrected chi connectivity index (χ3v) is 7.50. The Morgan fingerprint density at radius 1 is 1.19 bits per heavy atom. The van der Waals surface area contributed by atoms with Crippen molar-refractivity contribution in [1.82, 2.24) is 9.80 Å². The van der Waals surface area contributed by atoms with Crippen molar-refractivity contribution in [3.63, 3.8) is 0 Å². The predicted octanol–water partition coefficient (Wildman–Crippen LogP) is 3.69. The fourth-order valence-corrected chi connectivity index (χ4v) is 5.70. The minimum atomic E-state index is -0.384. The summed E-state index contributed by atoms with van der Waals surface area (Å²) < 4.78 is 11.4. The molecule has 2 aliphatic heterocycles. The van der Waals surface area contributed by atoms with E-state index < -0.39 is 0 Å². The molecule has 0 spiro atoms. The van der Waals surface area contributed by atoms with Crippen molar-refractivity contribution in [2.75, 3.05) is 19.9 Å². The highest BCUT2D eigenvalue weighted by Gasteiger charge is 2.53. The van der Waals surface area contributed by atoms with Gasteiger partial charge in [0.25, 0.3) is 0 Å².